The molecule has 1 aliphatic rings. The van der Waals surface area contributed by atoms with E-state index in [1.54, 1.807) is 12.1 Å². The molecule has 0 radical (unpaired) electrons. The molecule has 0 saturated carbocycles. The van der Waals surface area contributed by atoms with Crippen LogP contribution < -0.4 is 9.80 Å². The number of rotatable bonds is 3. The molecule has 1 saturated heterocycles. The second kappa shape index (κ2) is 7.27. The van der Waals surface area contributed by atoms with E-state index >= 15 is 0 Å². The molecule has 2 heterocycles. The summed E-state index contributed by atoms with van der Waals surface area (Å²) in [6.07, 6.45) is -4.39. The normalized spacial score (nSPS) is 15.0. The van der Waals surface area contributed by atoms with Crippen molar-refractivity contribution in [2.45, 2.75) is 6.18 Å². The first-order valence-corrected chi connectivity index (χ1v) is 9.13. The van der Waals surface area contributed by atoms with E-state index in [1.165, 1.54) is 6.07 Å². The predicted octanol–water partition coefficient (Wildman–Crippen LogP) is 4.28. The maximum absolute atomic E-state index is 13.0. The number of alkyl halides is 3. The molecule has 0 amide bonds. The summed E-state index contributed by atoms with van der Waals surface area (Å²) < 4.78 is 38.9. The van der Waals surface area contributed by atoms with Gasteiger partial charge in [-0.1, -0.05) is 24.3 Å². The van der Waals surface area contributed by atoms with Crippen LogP contribution in [0.4, 0.5) is 24.7 Å². The number of para-hydroxylation sites is 1. The molecule has 0 aliphatic carbocycles. The van der Waals surface area contributed by atoms with Gasteiger partial charge >= 0.3 is 12.1 Å². The van der Waals surface area contributed by atoms with Crippen molar-refractivity contribution in [3.05, 3.63) is 65.7 Å². The van der Waals surface area contributed by atoms with Gasteiger partial charge < -0.3 is 14.9 Å². The highest BCUT2D eigenvalue weighted by atomic mass is 19.4. The van der Waals surface area contributed by atoms with E-state index in [0.717, 1.165) is 17.5 Å². The van der Waals surface area contributed by atoms with Crippen LogP contribution in [0.5, 0.6) is 0 Å². The molecule has 0 bridgehead atoms. The van der Waals surface area contributed by atoms with Crippen LogP contribution in [0.3, 0.4) is 0 Å². The Morgan fingerprint density at radius 3 is 2.31 bits per heavy atom. The topological polar surface area (TPSA) is 56.7 Å². The van der Waals surface area contributed by atoms with Gasteiger partial charge in [0.2, 0.25) is 0 Å². The minimum absolute atomic E-state index is 0.121. The number of halogens is 3. The van der Waals surface area contributed by atoms with Gasteiger partial charge in [-0.15, -0.1) is 0 Å². The Balaban J connectivity index is 1.57. The van der Waals surface area contributed by atoms with Crippen LogP contribution in [0.25, 0.3) is 10.9 Å². The van der Waals surface area contributed by atoms with Gasteiger partial charge in [0, 0.05) is 37.3 Å². The predicted molar refractivity (Wildman–Crippen MR) is 105 cm³/mol. The zero-order valence-corrected chi connectivity index (χ0v) is 15.4. The van der Waals surface area contributed by atoms with E-state index in [-0.39, 0.29) is 5.56 Å². The number of piperazine rings is 1. The van der Waals surface area contributed by atoms with Crippen molar-refractivity contribution in [1.29, 1.82) is 0 Å². The third-order valence-electron chi connectivity index (χ3n) is 5.05. The summed E-state index contributed by atoms with van der Waals surface area (Å²) in [4.78, 5) is 20.0. The molecule has 3 aromatic rings. The lowest BCUT2D eigenvalue weighted by atomic mass is 10.1. The molecule has 1 aromatic heterocycles. The van der Waals surface area contributed by atoms with Crippen molar-refractivity contribution in [3.8, 4) is 0 Å². The van der Waals surface area contributed by atoms with Crippen LogP contribution in [-0.2, 0) is 6.18 Å². The number of pyridine rings is 1. The van der Waals surface area contributed by atoms with Crippen LogP contribution in [-0.4, -0.2) is 42.2 Å². The van der Waals surface area contributed by atoms with Crippen molar-refractivity contribution in [3.63, 3.8) is 0 Å². The highest BCUT2D eigenvalue weighted by Crippen LogP contribution is 2.32. The number of carboxylic acid groups (broad SMARTS) is 1. The average molecular weight is 401 g/mol. The molecule has 2 aromatic carbocycles. The highest BCUT2D eigenvalue weighted by molar-refractivity contribution is 5.98. The SMILES string of the molecule is O=C(O)c1cc2ccccc2nc1N1CCN(c2cccc(C(F)(F)F)c2)CC1. The monoisotopic (exact) mass is 401 g/mol. The molecule has 8 heteroatoms. The Labute approximate surface area is 165 Å². The number of carboxylic acids is 1. The molecule has 0 atom stereocenters. The molecule has 5 nitrogen and oxygen atoms in total. The lowest BCUT2D eigenvalue weighted by Crippen LogP contribution is -2.47. The summed E-state index contributed by atoms with van der Waals surface area (Å²) in [5, 5.41) is 10.4. The average Bonchev–Trinajstić information content (AvgIpc) is 2.72. The minimum Gasteiger partial charge on any atom is -0.478 e. The number of aromatic carboxylic acids is 1. The maximum Gasteiger partial charge on any atom is 0.416 e. The maximum atomic E-state index is 13.0. The number of carbonyl (C=O) groups is 1. The van der Waals surface area contributed by atoms with Crippen LogP contribution in [0.2, 0.25) is 0 Å². The fourth-order valence-electron chi connectivity index (χ4n) is 3.56. The number of aromatic nitrogens is 1. The van der Waals surface area contributed by atoms with Crippen molar-refractivity contribution in [1.82, 2.24) is 4.98 Å². The molecule has 29 heavy (non-hydrogen) atoms. The van der Waals surface area contributed by atoms with E-state index in [2.05, 4.69) is 4.98 Å². The molecular weight excluding hydrogens is 383 g/mol. The summed E-state index contributed by atoms with van der Waals surface area (Å²) in [7, 11) is 0. The Kier molecular flexibility index (Phi) is 4.77. The standard InChI is InChI=1S/C21H18F3N3O2/c22-21(23,24)15-5-3-6-16(13-15)26-8-10-27(11-9-26)19-17(20(28)29)12-14-4-1-2-7-18(14)25-19/h1-7,12-13H,8-11H2,(H,28,29). The number of hydrogen-bond acceptors (Lipinski definition) is 4. The highest BCUT2D eigenvalue weighted by Gasteiger charge is 2.31. The van der Waals surface area contributed by atoms with Gasteiger partial charge in [-0.25, -0.2) is 9.78 Å². The van der Waals surface area contributed by atoms with Crippen LogP contribution in [0.15, 0.2) is 54.6 Å². The lowest BCUT2D eigenvalue weighted by molar-refractivity contribution is -0.137. The van der Waals surface area contributed by atoms with Crippen molar-refractivity contribution in [2.75, 3.05) is 36.0 Å². The first kappa shape index (κ1) is 19.0. The van der Waals surface area contributed by atoms with Gasteiger partial charge in [0.05, 0.1) is 11.1 Å². The summed E-state index contributed by atoms with van der Waals surface area (Å²) >= 11 is 0. The smallest absolute Gasteiger partial charge is 0.416 e. The van der Waals surface area contributed by atoms with Gasteiger partial charge in [0.15, 0.2) is 0 Å². The molecular formula is C21H18F3N3O2. The van der Waals surface area contributed by atoms with Crippen molar-refractivity contribution < 1.29 is 23.1 Å². The van der Waals surface area contributed by atoms with Gasteiger partial charge in [-0.05, 0) is 30.3 Å². The largest absolute Gasteiger partial charge is 0.478 e. The van der Waals surface area contributed by atoms with Crippen LogP contribution >= 0.6 is 0 Å². The van der Waals surface area contributed by atoms with Gasteiger partial charge in [-0.3, -0.25) is 0 Å². The summed E-state index contributed by atoms with van der Waals surface area (Å²) in [5.74, 6) is -0.668. The van der Waals surface area contributed by atoms with Gasteiger partial charge in [-0.2, -0.15) is 13.2 Å². The summed E-state index contributed by atoms with van der Waals surface area (Å²) in [6, 6.07) is 14.2. The van der Waals surface area contributed by atoms with Gasteiger partial charge in [0.25, 0.3) is 0 Å². The van der Waals surface area contributed by atoms with E-state index in [0.29, 0.717) is 43.2 Å². The van der Waals surface area contributed by atoms with Crippen molar-refractivity contribution in [2.24, 2.45) is 0 Å². The Morgan fingerprint density at radius 1 is 0.931 bits per heavy atom. The van der Waals surface area contributed by atoms with E-state index in [4.69, 9.17) is 0 Å². The minimum atomic E-state index is -4.39. The number of fused-ring (bicyclic) bond motifs is 1. The molecule has 0 unspecified atom stereocenters. The molecule has 1 N–H and O–H groups in total. The lowest BCUT2D eigenvalue weighted by Gasteiger charge is -2.37. The third kappa shape index (κ3) is 3.83. The second-order valence-electron chi connectivity index (χ2n) is 6.88. The molecule has 1 fully saturated rings. The quantitative estimate of drug-likeness (QED) is 0.710. The van der Waals surface area contributed by atoms with Crippen LogP contribution in [0.1, 0.15) is 15.9 Å². The van der Waals surface area contributed by atoms with Gasteiger partial charge in [0.1, 0.15) is 11.4 Å². The Morgan fingerprint density at radius 2 is 1.62 bits per heavy atom. The van der Waals surface area contributed by atoms with E-state index in [1.807, 2.05) is 34.1 Å². The Hall–Kier alpha value is -3.29. The molecule has 4 rings (SSSR count). The number of anilines is 2. The summed E-state index contributed by atoms with van der Waals surface area (Å²) in [5.41, 5.74) is 0.648. The fourth-order valence-corrected chi connectivity index (χ4v) is 3.56. The Bertz CT molecular complexity index is 1060. The number of hydrogen-bond donors (Lipinski definition) is 1. The zero-order chi connectivity index (χ0) is 20.6. The van der Waals surface area contributed by atoms with Crippen LogP contribution in [0, 0.1) is 0 Å². The van der Waals surface area contributed by atoms with Crippen molar-refractivity contribution >= 4 is 28.4 Å². The number of nitrogens with zero attached hydrogens (tertiary/aromatic N) is 3. The van der Waals surface area contributed by atoms with E-state index in [9.17, 15) is 23.1 Å². The number of benzene rings is 2. The first-order chi connectivity index (χ1) is 13.8. The molecule has 0 spiro atoms. The summed E-state index contributed by atoms with van der Waals surface area (Å²) in [6.45, 7) is 1.85. The molecule has 1 aliphatic heterocycles. The third-order valence-corrected chi connectivity index (χ3v) is 5.05. The fraction of sp³-hybridized carbons (Fsp3) is 0.238. The first-order valence-electron chi connectivity index (χ1n) is 9.13. The molecule has 150 valence electrons. The van der Waals surface area contributed by atoms with E-state index < -0.39 is 17.7 Å². The zero-order valence-electron chi connectivity index (χ0n) is 15.4. The second-order valence-corrected chi connectivity index (χ2v) is 6.88.